The van der Waals surface area contributed by atoms with Crippen molar-refractivity contribution < 1.29 is 4.79 Å². The van der Waals surface area contributed by atoms with Crippen molar-refractivity contribution in [2.75, 3.05) is 13.1 Å². The molecule has 1 aliphatic carbocycles. The largest absolute Gasteiger partial charge is 0.341 e. The molecule has 0 spiro atoms. The topological polar surface area (TPSA) is 44.1 Å². The molecule has 0 aromatic heterocycles. The lowest BCUT2D eigenvalue weighted by molar-refractivity contribution is -0.148. The van der Waals surface area contributed by atoms with Crippen LogP contribution in [0.3, 0.4) is 0 Å². The van der Waals surface area contributed by atoms with E-state index >= 15 is 0 Å². The molecule has 1 saturated heterocycles. The van der Waals surface area contributed by atoms with E-state index in [4.69, 9.17) is 0 Å². The van der Waals surface area contributed by atoms with Crippen LogP contribution >= 0.6 is 0 Å². The number of amides is 1. The van der Waals surface area contributed by atoms with Gasteiger partial charge in [0, 0.05) is 13.1 Å². The van der Waals surface area contributed by atoms with E-state index in [-0.39, 0.29) is 11.3 Å². The van der Waals surface area contributed by atoms with Crippen LogP contribution in [0.4, 0.5) is 0 Å². The second-order valence-electron chi connectivity index (χ2n) is 6.70. The summed E-state index contributed by atoms with van der Waals surface area (Å²) < 4.78 is 0. The van der Waals surface area contributed by atoms with E-state index in [1.54, 1.807) is 0 Å². The van der Waals surface area contributed by atoms with Crippen LogP contribution in [-0.2, 0) is 4.79 Å². The average molecular weight is 234 g/mol. The minimum atomic E-state index is -0.688. The quantitative estimate of drug-likeness (QED) is 0.700. The average Bonchev–Trinajstić information content (AvgIpc) is 2.22. The molecule has 0 aromatic rings. The highest BCUT2D eigenvalue weighted by atomic mass is 16.2. The second kappa shape index (κ2) is 4.01. The summed E-state index contributed by atoms with van der Waals surface area (Å²) in [5, 5.41) is 9.29. The lowest BCUT2D eigenvalue weighted by Gasteiger charge is -2.46. The van der Waals surface area contributed by atoms with Crippen LogP contribution < -0.4 is 0 Å². The Balaban J connectivity index is 2.08. The van der Waals surface area contributed by atoms with Crippen LogP contribution in [0.2, 0.25) is 0 Å². The van der Waals surface area contributed by atoms with Gasteiger partial charge in [0.15, 0.2) is 0 Å². The zero-order valence-electron chi connectivity index (χ0n) is 11.1. The Morgan fingerprint density at radius 2 is 2.06 bits per heavy atom. The standard InChI is InChI=1S/C14H22N2O/c1-11-7-14(8-11,9-15)12(17)16-6-4-5-13(2,3)10-16/h11H,4-8,10H2,1-3H3. The number of nitriles is 1. The highest BCUT2D eigenvalue weighted by molar-refractivity contribution is 5.86. The first-order chi connectivity index (χ1) is 7.88. The van der Waals surface area contributed by atoms with Crippen molar-refractivity contribution in [3.05, 3.63) is 0 Å². The fourth-order valence-corrected chi connectivity index (χ4v) is 3.34. The van der Waals surface area contributed by atoms with E-state index in [1.807, 2.05) is 4.90 Å². The lowest BCUT2D eigenvalue weighted by atomic mass is 9.62. The van der Waals surface area contributed by atoms with Gasteiger partial charge in [0.1, 0.15) is 5.41 Å². The van der Waals surface area contributed by atoms with Gasteiger partial charge >= 0.3 is 0 Å². The lowest BCUT2D eigenvalue weighted by Crippen LogP contribution is -2.53. The summed E-state index contributed by atoms with van der Waals surface area (Å²) in [4.78, 5) is 14.4. The summed E-state index contributed by atoms with van der Waals surface area (Å²) in [6, 6.07) is 2.28. The van der Waals surface area contributed by atoms with Gasteiger partial charge in [0.2, 0.25) is 5.91 Å². The van der Waals surface area contributed by atoms with Crippen molar-refractivity contribution in [3.63, 3.8) is 0 Å². The van der Waals surface area contributed by atoms with Gasteiger partial charge in [-0.15, -0.1) is 0 Å². The molecule has 3 nitrogen and oxygen atoms in total. The number of carbonyl (C=O) groups is 1. The fourth-order valence-electron chi connectivity index (χ4n) is 3.34. The molecule has 1 saturated carbocycles. The first-order valence-corrected chi connectivity index (χ1v) is 6.59. The first-order valence-electron chi connectivity index (χ1n) is 6.59. The molecule has 0 N–H and O–H groups in total. The second-order valence-corrected chi connectivity index (χ2v) is 6.70. The number of piperidine rings is 1. The molecule has 0 aromatic carbocycles. The molecular formula is C14H22N2O. The van der Waals surface area contributed by atoms with Crippen LogP contribution in [0.25, 0.3) is 0 Å². The Morgan fingerprint density at radius 1 is 1.41 bits per heavy atom. The first kappa shape index (κ1) is 12.4. The zero-order valence-corrected chi connectivity index (χ0v) is 11.1. The van der Waals surface area contributed by atoms with Crippen LogP contribution in [-0.4, -0.2) is 23.9 Å². The number of nitrogens with zero attached hydrogens (tertiary/aromatic N) is 2. The summed E-state index contributed by atoms with van der Waals surface area (Å²) in [5.74, 6) is 0.613. The summed E-state index contributed by atoms with van der Waals surface area (Å²) in [6.45, 7) is 8.16. The van der Waals surface area contributed by atoms with E-state index in [2.05, 4.69) is 26.8 Å². The van der Waals surface area contributed by atoms with Crippen LogP contribution in [0.1, 0.15) is 46.5 Å². The molecule has 0 radical (unpaired) electrons. The molecular weight excluding hydrogens is 212 g/mol. The molecule has 94 valence electrons. The highest BCUT2D eigenvalue weighted by Gasteiger charge is 2.51. The maximum atomic E-state index is 12.5. The van der Waals surface area contributed by atoms with Crippen molar-refractivity contribution in [1.82, 2.24) is 4.90 Å². The minimum absolute atomic E-state index is 0.0888. The zero-order chi connectivity index (χ0) is 12.7. The molecule has 1 amide bonds. The van der Waals surface area contributed by atoms with E-state index < -0.39 is 5.41 Å². The highest BCUT2D eigenvalue weighted by Crippen LogP contribution is 2.47. The molecule has 0 bridgehead atoms. The molecule has 1 heterocycles. The molecule has 1 aliphatic heterocycles. The number of carbonyl (C=O) groups excluding carboxylic acids is 1. The number of likely N-dealkylation sites (tertiary alicyclic amines) is 1. The maximum absolute atomic E-state index is 12.5. The Kier molecular flexibility index (Phi) is 2.93. The molecule has 0 atom stereocenters. The van der Waals surface area contributed by atoms with Crippen LogP contribution in [0.15, 0.2) is 0 Å². The summed E-state index contributed by atoms with van der Waals surface area (Å²) >= 11 is 0. The molecule has 2 rings (SSSR count). The monoisotopic (exact) mass is 234 g/mol. The SMILES string of the molecule is CC1CC(C#N)(C(=O)N2CCCC(C)(C)C2)C1. The Labute approximate surface area is 104 Å². The molecule has 2 aliphatic rings. The summed E-state index contributed by atoms with van der Waals surface area (Å²) in [7, 11) is 0. The normalized spacial score (nSPS) is 35.9. The van der Waals surface area contributed by atoms with Crippen molar-refractivity contribution in [1.29, 1.82) is 5.26 Å². The molecule has 17 heavy (non-hydrogen) atoms. The smallest absolute Gasteiger partial charge is 0.243 e. The van der Waals surface area contributed by atoms with E-state index in [1.165, 1.54) is 6.42 Å². The summed E-state index contributed by atoms with van der Waals surface area (Å²) in [6.07, 6.45) is 3.74. The predicted octanol–water partition coefficient (Wildman–Crippen LogP) is 2.57. The van der Waals surface area contributed by atoms with Crippen molar-refractivity contribution in [2.24, 2.45) is 16.7 Å². The Morgan fingerprint density at radius 3 is 2.53 bits per heavy atom. The van der Waals surface area contributed by atoms with E-state index in [9.17, 15) is 10.1 Å². The van der Waals surface area contributed by atoms with Gasteiger partial charge in [-0.2, -0.15) is 5.26 Å². The van der Waals surface area contributed by atoms with Crippen molar-refractivity contribution in [3.8, 4) is 6.07 Å². The number of hydrogen-bond donors (Lipinski definition) is 0. The van der Waals surface area contributed by atoms with Gasteiger partial charge in [-0.3, -0.25) is 4.79 Å². The van der Waals surface area contributed by atoms with Crippen LogP contribution in [0.5, 0.6) is 0 Å². The van der Waals surface area contributed by atoms with E-state index in [0.717, 1.165) is 32.4 Å². The van der Waals surface area contributed by atoms with Crippen molar-refractivity contribution in [2.45, 2.75) is 46.5 Å². The predicted molar refractivity (Wildman–Crippen MR) is 66.0 cm³/mol. The molecule has 2 fully saturated rings. The minimum Gasteiger partial charge on any atom is -0.341 e. The third-order valence-electron chi connectivity index (χ3n) is 4.20. The van der Waals surface area contributed by atoms with Gasteiger partial charge in [-0.25, -0.2) is 0 Å². The van der Waals surface area contributed by atoms with Gasteiger partial charge in [0.05, 0.1) is 6.07 Å². The third kappa shape index (κ3) is 2.18. The Bertz CT molecular complexity index is 361. The van der Waals surface area contributed by atoms with Gasteiger partial charge < -0.3 is 4.90 Å². The summed E-state index contributed by atoms with van der Waals surface area (Å²) in [5.41, 5.74) is -0.479. The molecule has 3 heteroatoms. The molecule has 0 unspecified atom stereocenters. The van der Waals surface area contributed by atoms with Crippen molar-refractivity contribution >= 4 is 5.91 Å². The number of hydrogen-bond acceptors (Lipinski definition) is 2. The van der Waals surface area contributed by atoms with Crippen LogP contribution in [0, 0.1) is 28.1 Å². The maximum Gasteiger partial charge on any atom is 0.243 e. The fraction of sp³-hybridized carbons (Fsp3) is 0.857. The Hall–Kier alpha value is -1.04. The van der Waals surface area contributed by atoms with Gasteiger partial charge in [-0.05, 0) is 37.0 Å². The van der Waals surface area contributed by atoms with Gasteiger partial charge in [0.25, 0.3) is 0 Å². The van der Waals surface area contributed by atoms with Gasteiger partial charge in [-0.1, -0.05) is 20.8 Å². The van der Waals surface area contributed by atoms with E-state index in [0.29, 0.717) is 5.92 Å². The number of rotatable bonds is 1. The third-order valence-corrected chi connectivity index (χ3v) is 4.20.